The van der Waals surface area contributed by atoms with Gasteiger partial charge < -0.3 is 37.9 Å². The van der Waals surface area contributed by atoms with E-state index in [-0.39, 0.29) is 52.3 Å². The maximum atomic E-state index is 12.8. The Balaban J connectivity index is 0.00000756. The fourth-order valence-electron chi connectivity index (χ4n) is 4.29. The van der Waals surface area contributed by atoms with Crippen LogP contribution in [0.5, 0.6) is 23.0 Å². The van der Waals surface area contributed by atoms with E-state index < -0.39 is 49.8 Å². The second kappa shape index (κ2) is 23.4. The molecule has 0 spiro atoms. The van der Waals surface area contributed by atoms with E-state index in [1.165, 1.54) is 48.5 Å². The molecule has 0 aromatic heterocycles. The lowest BCUT2D eigenvalue weighted by Crippen LogP contribution is -2.15. The third-order valence-electron chi connectivity index (χ3n) is 6.78. The van der Waals surface area contributed by atoms with Crippen LogP contribution < -0.4 is 18.9 Å². The third-order valence-corrected chi connectivity index (χ3v) is 6.78. The number of benzene rings is 4. The minimum absolute atomic E-state index is 0. The minimum atomic E-state index is -1.11. The van der Waals surface area contributed by atoms with Crippen LogP contribution in [0.4, 0.5) is 9.59 Å². The fraction of sp³-hybridized carbons (Fsp3) is 0.190. The van der Waals surface area contributed by atoms with Crippen molar-refractivity contribution in [2.75, 3.05) is 13.6 Å². The highest BCUT2D eigenvalue weighted by Gasteiger charge is 2.15. The van der Waals surface area contributed by atoms with Crippen molar-refractivity contribution in [3.63, 3.8) is 0 Å². The van der Waals surface area contributed by atoms with E-state index in [4.69, 9.17) is 18.9 Å². The molecule has 0 saturated heterocycles. The lowest BCUT2D eigenvalue weighted by Gasteiger charge is -2.13. The molecule has 0 bridgehead atoms. The molecule has 0 aliphatic carbocycles. The Labute approximate surface area is 326 Å². The van der Waals surface area contributed by atoms with Crippen LogP contribution in [-0.4, -0.2) is 49.8 Å². The Bertz CT molecular complexity index is 1850. The molecule has 0 fully saturated rings. The van der Waals surface area contributed by atoms with E-state index in [0.717, 1.165) is 34.4 Å². The summed E-state index contributed by atoms with van der Waals surface area (Å²) in [5.41, 5.74) is 3.72. The largest absolute Gasteiger partial charge is 0.516 e. The van der Waals surface area contributed by atoms with Gasteiger partial charge in [-0.15, -0.1) is 0 Å². The van der Waals surface area contributed by atoms with Gasteiger partial charge in [-0.05, 0) is 109 Å². The van der Waals surface area contributed by atoms with Crippen molar-refractivity contribution in [3.05, 3.63) is 132 Å². The Morgan fingerprint density at radius 2 is 0.786 bits per heavy atom. The molecule has 0 aliphatic heterocycles. The molecule has 0 saturated carbocycles. The van der Waals surface area contributed by atoms with Crippen molar-refractivity contribution in [1.82, 2.24) is 0 Å². The summed E-state index contributed by atoms with van der Waals surface area (Å²) in [6.07, 6.45) is -0.398. The maximum absolute atomic E-state index is 12.8. The predicted molar refractivity (Wildman–Crippen MR) is 208 cm³/mol. The lowest BCUT2D eigenvalue weighted by atomic mass is 9.96. The van der Waals surface area contributed by atoms with Crippen molar-refractivity contribution in [2.24, 2.45) is 0 Å². The van der Waals surface area contributed by atoms with Gasteiger partial charge >= 0.3 is 36.2 Å². The second-order valence-electron chi connectivity index (χ2n) is 10.3. The Morgan fingerprint density at radius 1 is 0.464 bits per heavy atom. The zero-order chi connectivity index (χ0) is 37.6. The van der Waals surface area contributed by atoms with Crippen molar-refractivity contribution in [3.8, 4) is 34.1 Å². The molecule has 0 unspecified atom stereocenters. The molecule has 4 rings (SSSR count). The number of hydrogen-bond donors (Lipinski definition) is 0. The summed E-state index contributed by atoms with van der Waals surface area (Å²) in [4.78, 5) is 70.9. The predicted octanol–water partition coefficient (Wildman–Crippen LogP) is 9.36. The molecule has 0 atom stereocenters. The van der Waals surface area contributed by atoms with E-state index >= 15 is 0 Å². The topological polar surface area (TPSA) is 176 Å². The van der Waals surface area contributed by atoms with Gasteiger partial charge in [0.1, 0.15) is 23.0 Å². The molecule has 56 heavy (non-hydrogen) atoms. The Hall–Kier alpha value is -7.22. The number of carbonyl (C=O) groups is 6. The number of hydrogen-bond acceptors (Lipinski definition) is 14. The second-order valence-corrected chi connectivity index (χ2v) is 10.3. The van der Waals surface area contributed by atoms with Gasteiger partial charge in [0.05, 0.1) is 11.1 Å². The zero-order valence-corrected chi connectivity index (χ0v) is 27.8. The van der Waals surface area contributed by atoms with Gasteiger partial charge in [-0.25, -0.2) is 28.8 Å². The summed E-state index contributed by atoms with van der Waals surface area (Å²) < 4.78 is 39.3. The summed E-state index contributed by atoms with van der Waals surface area (Å²) >= 11 is 0. The molecule has 4 aromatic carbocycles. The molecule has 298 valence electrons. The number of carbonyl (C=O) groups excluding carboxylic acids is 6. The average Bonchev–Trinajstić information content (AvgIpc) is 3.12. The van der Waals surface area contributed by atoms with Crippen molar-refractivity contribution >= 4 is 36.2 Å². The molecule has 14 heteroatoms. The summed E-state index contributed by atoms with van der Waals surface area (Å²) in [5, 5.41) is 0. The van der Waals surface area contributed by atoms with E-state index in [1.54, 1.807) is 36.4 Å². The Kier molecular flexibility index (Phi) is 20.4. The van der Waals surface area contributed by atoms with Crippen LogP contribution in [0, 0.1) is 13.8 Å². The van der Waals surface area contributed by atoms with E-state index in [9.17, 15) is 28.8 Å². The highest BCUT2D eigenvalue weighted by atomic mass is 16.8. The Morgan fingerprint density at radius 3 is 1.09 bits per heavy atom. The molecule has 0 N–H and O–H groups in total. The highest BCUT2D eigenvalue weighted by molar-refractivity contribution is 5.92. The summed E-state index contributed by atoms with van der Waals surface area (Å²) in [6, 6.07) is 21.4. The van der Waals surface area contributed by atoms with Crippen molar-refractivity contribution in [1.29, 1.82) is 0 Å². The molecule has 0 heterocycles. The monoisotopic (exact) mass is 774 g/mol. The molecule has 0 radical (unpaired) electrons. The standard InChI is InChI=1S/C38H30O14.4CH4/c1-5-33(39)45-21-47-37(43)51-27-11-7-25(8-12-27)35(41)49-29-15-17-31(23(3)19-29)32-18-16-30(20-24(32)4)50-36(42)26-9-13-28(14-10-26)52-38(44)48-22-46-34(40)6-2;;;;/h5-20H,1-2,21-22H2,3-4H3;4*1H4. The first-order chi connectivity index (χ1) is 24.9. The first kappa shape index (κ1) is 48.8. The van der Waals surface area contributed by atoms with Crippen LogP contribution in [0.1, 0.15) is 61.5 Å². The molecule has 4 aromatic rings. The quantitative estimate of drug-likeness (QED) is 0.0413. The molecule has 14 nitrogen and oxygen atoms in total. The van der Waals surface area contributed by atoms with E-state index in [1.807, 2.05) is 13.8 Å². The van der Waals surface area contributed by atoms with Gasteiger partial charge in [0.15, 0.2) is 0 Å². The van der Waals surface area contributed by atoms with Crippen molar-refractivity contribution in [2.45, 2.75) is 43.6 Å². The van der Waals surface area contributed by atoms with Gasteiger partial charge in [-0.3, -0.25) is 0 Å². The average molecular weight is 775 g/mol. The van der Waals surface area contributed by atoms with Crippen LogP contribution in [-0.2, 0) is 28.5 Å². The van der Waals surface area contributed by atoms with Gasteiger partial charge in [0.2, 0.25) is 13.6 Å². The molecule has 0 aliphatic rings. The number of esters is 4. The van der Waals surface area contributed by atoms with E-state index in [0.29, 0.717) is 11.5 Å². The first-order valence-corrected chi connectivity index (χ1v) is 15.1. The summed E-state index contributed by atoms with van der Waals surface area (Å²) in [6.45, 7) is 8.85. The number of aryl methyl sites for hydroxylation is 2. The van der Waals surface area contributed by atoms with Crippen LogP contribution in [0.25, 0.3) is 11.1 Å². The summed E-state index contributed by atoms with van der Waals surface area (Å²) in [5.74, 6) is -2.05. The van der Waals surface area contributed by atoms with Crippen LogP contribution in [0.2, 0.25) is 0 Å². The third kappa shape index (κ3) is 14.3. The normalized spacial score (nSPS) is 9.39. The van der Waals surface area contributed by atoms with Crippen LogP contribution >= 0.6 is 0 Å². The van der Waals surface area contributed by atoms with Crippen molar-refractivity contribution < 1.29 is 66.7 Å². The highest BCUT2D eigenvalue weighted by Crippen LogP contribution is 2.32. The molecular formula is C42H46O14. The SMILES string of the molecule is C.C.C.C.C=CC(=O)OCOC(=O)Oc1ccc(C(=O)Oc2ccc(-c3ccc(OC(=O)c4ccc(OC(=O)OCOC(=O)C=C)cc4)cc3C)c(C)c2)cc1. The van der Waals surface area contributed by atoms with Gasteiger partial charge in [-0.2, -0.15) is 0 Å². The van der Waals surface area contributed by atoms with Gasteiger partial charge in [0.25, 0.3) is 0 Å². The summed E-state index contributed by atoms with van der Waals surface area (Å²) in [7, 11) is 0. The minimum Gasteiger partial charge on any atom is -0.425 e. The van der Waals surface area contributed by atoms with Crippen LogP contribution in [0.15, 0.2) is 110 Å². The first-order valence-electron chi connectivity index (χ1n) is 15.1. The number of rotatable bonds is 13. The zero-order valence-electron chi connectivity index (χ0n) is 27.8. The van der Waals surface area contributed by atoms with Gasteiger partial charge in [-0.1, -0.05) is 55.0 Å². The van der Waals surface area contributed by atoms with Gasteiger partial charge in [0, 0.05) is 12.2 Å². The van der Waals surface area contributed by atoms with E-state index in [2.05, 4.69) is 32.1 Å². The lowest BCUT2D eigenvalue weighted by molar-refractivity contribution is -0.147. The maximum Gasteiger partial charge on any atom is 0.516 e. The molecule has 0 amide bonds. The fourth-order valence-corrected chi connectivity index (χ4v) is 4.29. The smallest absolute Gasteiger partial charge is 0.425 e. The van der Waals surface area contributed by atoms with Crippen LogP contribution in [0.3, 0.4) is 0 Å². The number of ether oxygens (including phenoxy) is 8. The molecular weight excluding hydrogens is 728 g/mol.